The molecule has 0 aromatic carbocycles. The van der Waals surface area contributed by atoms with Crippen LogP contribution in [0.4, 0.5) is 0 Å². The monoisotopic (exact) mass is 258 g/mol. The summed E-state index contributed by atoms with van der Waals surface area (Å²) in [6.07, 6.45) is 0.979. The Morgan fingerprint density at radius 1 is 1.62 bits per heavy atom. The molecule has 0 spiro atoms. The molecule has 0 aliphatic carbocycles. The Labute approximate surface area is 105 Å². The van der Waals surface area contributed by atoms with Gasteiger partial charge in [0, 0.05) is 11.9 Å². The van der Waals surface area contributed by atoms with Crippen LogP contribution in [-0.4, -0.2) is 35.9 Å². The van der Waals surface area contributed by atoms with Crippen molar-refractivity contribution in [3.8, 4) is 0 Å². The summed E-state index contributed by atoms with van der Waals surface area (Å²) in [5.74, 6) is 1.71. The highest BCUT2D eigenvalue weighted by molar-refractivity contribution is 7.99. The maximum atomic E-state index is 11.7. The van der Waals surface area contributed by atoms with Crippen molar-refractivity contribution in [2.45, 2.75) is 13.0 Å². The van der Waals surface area contributed by atoms with Gasteiger partial charge in [-0.05, 0) is 30.2 Å². The fourth-order valence-corrected chi connectivity index (χ4v) is 2.85. The van der Waals surface area contributed by atoms with Crippen LogP contribution in [-0.2, 0) is 11.3 Å². The minimum absolute atomic E-state index is 0.190. The third-order valence-electron chi connectivity index (χ3n) is 2.12. The summed E-state index contributed by atoms with van der Waals surface area (Å²) in [5.41, 5.74) is 5.39. The van der Waals surface area contributed by atoms with E-state index in [1.54, 1.807) is 28.0 Å². The average molecular weight is 258 g/mol. The van der Waals surface area contributed by atoms with Crippen molar-refractivity contribution in [3.63, 3.8) is 0 Å². The van der Waals surface area contributed by atoms with Crippen molar-refractivity contribution in [1.82, 2.24) is 4.90 Å². The van der Waals surface area contributed by atoms with Gasteiger partial charge in [-0.25, -0.2) is 0 Å². The molecule has 1 heterocycles. The Kier molecular flexibility index (Phi) is 6.52. The molecule has 5 heteroatoms. The smallest absolute Gasteiger partial charge is 0.232 e. The number of thioether (sulfide) groups is 1. The molecular weight excluding hydrogens is 240 g/mol. The summed E-state index contributed by atoms with van der Waals surface area (Å²) in [6.45, 7) is 1.42. The van der Waals surface area contributed by atoms with Gasteiger partial charge in [0.15, 0.2) is 0 Å². The number of hydrogen-bond donors (Lipinski definition) is 1. The second kappa shape index (κ2) is 7.70. The molecule has 0 aliphatic heterocycles. The van der Waals surface area contributed by atoms with Gasteiger partial charge in [-0.1, -0.05) is 6.07 Å². The quantitative estimate of drug-likeness (QED) is 0.758. The van der Waals surface area contributed by atoms with Crippen LogP contribution in [0.15, 0.2) is 17.5 Å². The number of rotatable bonds is 7. The Morgan fingerprint density at radius 3 is 3.06 bits per heavy atom. The first kappa shape index (κ1) is 13.5. The second-order valence-electron chi connectivity index (χ2n) is 3.52. The van der Waals surface area contributed by atoms with Crippen LogP contribution in [0.1, 0.15) is 11.3 Å². The average Bonchev–Trinajstić information content (AvgIpc) is 2.76. The van der Waals surface area contributed by atoms with Crippen LogP contribution in [0.5, 0.6) is 0 Å². The van der Waals surface area contributed by atoms with Crippen molar-refractivity contribution >= 4 is 29.0 Å². The lowest BCUT2D eigenvalue weighted by molar-refractivity contribution is -0.127. The second-order valence-corrected chi connectivity index (χ2v) is 5.66. The zero-order chi connectivity index (χ0) is 11.8. The molecular formula is C11H18N2OS2. The standard InChI is InChI=1S/C11H18N2OS2/c1-13(8-10-4-2-7-16-10)11(14)9-15-6-3-5-12/h2,4,7H,3,5-6,8-9,12H2,1H3. The van der Waals surface area contributed by atoms with E-state index in [9.17, 15) is 4.79 Å². The number of nitrogens with two attached hydrogens (primary N) is 1. The van der Waals surface area contributed by atoms with Crippen molar-refractivity contribution < 1.29 is 4.79 Å². The molecule has 0 atom stereocenters. The molecule has 16 heavy (non-hydrogen) atoms. The Bertz CT molecular complexity index is 301. The number of carbonyl (C=O) groups is 1. The summed E-state index contributed by atoms with van der Waals surface area (Å²) >= 11 is 3.34. The van der Waals surface area contributed by atoms with Crippen LogP contribution in [0.25, 0.3) is 0 Å². The lowest BCUT2D eigenvalue weighted by Gasteiger charge is -2.15. The number of amides is 1. The summed E-state index contributed by atoms with van der Waals surface area (Å²) in [6, 6.07) is 4.06. The van der Waals surface area contributed by atoms with Gasteiger partial charge in [0.1, 0.15) is 0 Å². The Balaban J connectivity index is 2.20. The van der Waals surface area contributed by atoms with Gasteiger partial charge >= 0.3 is 0 Å². The van der Waals surface area contributed by atoms with Crippen LogP contribution >= 0.6 is 23.1 Å². The Hall–Kier alpha value is -0.520. The molecule has 0 saturated carbocycles. The number of nitrogens with zero attached hydrogens (tertiary/aromatic N) is 1. The molecule has 2 N–H and O–H groups in total. The van der Waals surface area contributed by atoms with Gasteiger partial charge in [-0.15, -0.1) is 11.3 Å². The summed E-state index contributed by atoms with van der Waals surface area (Å²) in [4.78, 5) is 14.7. The van der Waals surface area contributed by atoms with Gasteiger partial charge < -0.3 is 10.6 Å². The van der Waals surface area contributed by atoms with Crippen LogP contribution in [0.3, 0.4) is 0 Å². The van der Waals surface area contributed by atoms with Gasteiger partial charge in [-0.2, -0.15) is 11.8 Å². The number of hydrogen-bond acceptors (Lipinski definition) is 4. The van der Waals surface area contributed by atoms with Crippen LogP contribution in [0.2, 0.25) is 0 Å². The van der Waals surface area contributed by atoms with Gasteiger partial charge in [0.05, 0.1) is 12.3 Å². The largest absolute Gasteiger partial charge is 0.340 e. The van der Waals surface area contributed by atoms with Gasteiger partial charge in [0.2, 0.25) is 5.91 Å². The highest BCUT2D eigenvalue weighted by atomic mass is 32.2. The molecule has 0 aliphatic rings. The predicted octanol–water partition coefficient (Wildman–Crippen LogP) is 1.79. The fourth-order valence-electron chi connectivity index (χ4n) is 1.18. The first-order valence-corrected chi connectivity index (χ1v) is 7.31. The molecule has 0 saturated heterocycles. The van der Waals surface area contributed by atoms with E-state index < -0.39 is 0 Å². The molecule has 1 aromatic rings. The molecule has 1 rings (SSSR count). The van der Waals surface area contributed by atoms with E-state index in [0.717, 1.165) is 12.2 Å². The summed E-state index contributed by atoms with van der Waals surface area (Å²) < 4.78 is 0. The van der Waals surface area contributed by atoms with E-state index in [4.69, 9.17) is 5.73 Å². The molecule has 0 bridgehead atoms. The minimum Gasteiger partial charge on any atom is -0.340 e. The van der Waals surface area contributed by atoms with Crippen molar-refractivity contribution in [2.75, 3.05) is 25.1 Å². The van der Waals surface area contributed by atoms with E-state index in [1.807, 2.05) is 18.5 Å². The fraction of sp³-hybridized carbons (Fsp3) is 0.545. The lowest BCUT2D eigenvalue weighted by Crippen LogP contribution is -2.27. The maximum Gasteiger partial charge on any atom is 0.232 e. The zero-order valence-corrected chi connectivity index (χ0v) is 11.1. The molecule has 1 aromatic heterocycles. The first-order valence-electron chi connectivity index (χ1n) is 5.28. The Morgan fingerprint density at radius 2 is 2.44 bits per heavy atom. The van der Waals surface area contributed by atoms with E-state index in [-0.39, 0.29) is 5.91 Å². The third kappa shape index (κ3) is 5.01. The molecule has 90 valence electrons. The molecule has 0 fully saturated rings. The van der Waals surface area contributed by atoms with Crippen LogP contribution in [0, 0.1) is 0 Å². The highest BCUT2D eigenvalue weighted by Crippen LogP contribution is 2.12. The normalized spacial score (nSPS) is 10.4. The summed E-state index contributed by atoms with van der Waals surface area (Å²) in [7, 11) is 1.85. The predicted molar refractivity (Wildman–Crippen MR) is 71.8 cm³/mol. The molecule has 1 amide bonds. The van der Waals surface area contributed by atoms with Gasteiger partial charge in [-0.3, -0.25) is 4.79 Å². The van der Waals surface area contributed by atoms with Gasteiger partial charge in [0.25, 0.3) is 0 Å². The first-order chi connectivity index (χ1) is 7.74. The van der Waals surface area contributed by atoms with E-state index >= 15 is 0 Å². The molecule has 0 radical (unpaired) electrons. The summed E-state index contributed by atoms with van der Waals surface area (Å²) in [5, 5.41) is 2.03. The highest BCUT2D eigenvalue weighted by Gasteiger charge is 2.09. The van der Waals surface area contributed by atoms with Crippen molar-refractivity contribution in [1.29, 1.82) is 0 Å². The number of carbonyl (C=O) groups excluding carboxylic acids is 1. The lowest BCUT2D eigenvalue weighted by atomic mass is 10.4. The third-order valence-corrected chi connectivity index (χ3v) is 4.01. The van der Waals surface area contributed by atoms with Crippen molar-refractivity contribution in [3.05, 3.63) is 22.4 Å². The molecule has 0 unspecified atom stereocenters. The number of thiophene rings is 1. The van der Waals surface area contributed by atoms with Crippen molar-refractivity contribution in [2.24, 2.45) is 5.73 Å². The van der Waals surface area contributed by atoms with Crippen LogP contribution < -0.4 is 5.73 Å². The topological polar surface area (TPSA) is 46.3 Å². The maximum absolute atomic E-state index is 11.7. The van der Waals surface area contributed by atoms with E-state index in [0.29, 0.717) is 18.8 Å². The van der Waals surface area contributed by atoms with E-state index in [2.05, 4.69) is 6.07 Å². The molecule has 3 nitrogen and oxygen atoms in total. The zero-order valence-electron chi connectivity index (χ0n) is 9.52. The SMILES string of the molecule is CN(Cc1cccs1)C(=O)CSCCCN. The van der Waals surface area contributed by atoms with E-state index in [1.165, 1.54) is 4.88 Å². The minimum atomic E-state index is 0.190.